The lowest BCUT2D eigenvalue weighted by atomic mass is 10.2. The Morgan fingerprint density at radius 1 is 0.667 bits per heavy atom. The van der Waals surface area contributed by atoms with Crippen LogP contribution in [0.1, 0.15) is 11.1 Å². The maximum absolute atomic E-state index is 11.5. The largest absolute Gasteiger partial charge is 0.462 e. The first-order chi connectivity index (χ1) is 11.7. The summed E-state index contributed by atoms with van der Waals surface area (Å²) in [5, 5.41) is 0. The van der Waals surface area contributed by atoms with Crippen molar-refractivity contribution in [2.24, 2.45) is 0 Å². The molecular weight excluding hydrogens is 304 g/mol. The van der Waals surface area contributed by atoms with Crippen LogP contribution >= 0.6 is 0 Å². The summed E-state index contributed by atoms with van der Waals surface area (Å²) in [7, 11) is 0. The van der Waals surface area contributed by atoms with Gasteiger partial charge in [-0.15, -0.1) is 0 Å². The van der Waals surface area contributed by atoms with Gasteiger partial charge in [0.25, 0.3) is 0 Å². The van der Waals surface area contributed by atoms with E-state index < -0.39 is 11.9 Å². The van der Waals surface area contributed by atoms with Gasteiger partial charge in [-0.05, 0) is 11.1 Å². The monoisotopic (exact) mass is 324 g/mol. The van der Waals surface area contributed by atoms with Gasteiger partial charge < -0.3 is 9.47 Å². The summed E-state index contributed by atoms with van der Waals surface area (Å²) in [5.41, 5.74) is 2.18. The Labute approximate surface area is 141 Å². The highest BCUT2D eigenvalue weighted by molar-refractivity contribution is 5.91. The highest BCUT2D eigenvalue weighted by Gasteiger charge is 2.02. The second-order valence-electron chi connectivity index (χ2n) is 5.14. The van der Waals surface area contributed by atoms with Crippen LogP contribution in [0.2, 0.25) is 0 Å². The average molecular weight is 324 g/mol. The van der Waals surface area contributed by atoms with Gasteiger partial charge >= 0.3 is 11.9 Å². The molecule has 0 bridgehead atoms. The summed E-state index contributed by atoms with van der Waals surface area (Å²) in [5.74, 6) is -1.10. The van der Waals surface area contributed by atoms with Gasteiger partial charge in [-0.3, -0.25) is 0 Å². The van der Waals surface area contributed by atoms with E-state index in [0.29, 0.717) is 12.8 Å². The zero-order chi connectivity index (χ0) is 17.0. The van der Waals surface area contributed by atoms with E-state index >= 15 is 0 Å². The van der Waals surface area contributed by atoms with Crippen LogP contribution in [-0.4, -0.2) is 25.2 Å². The Balaban J connectivity index is 1.61. The predicted octanol–water partition coefficient (Wildman–Crippen LogP) is 3.11. The van der Waals surface area contributed by atoms with Crippen LogP contribution in [0.5, 0.6) is 0 Å². The lowest BCUT2D eigenvalue weighted by molar-refractivity contribution is -0.140. The van der Waals surface area contributed by atoms with E-state index in [1.54, 1.807) is 0 Å². The van der Waals surface area contributed by atoms with Crippen LogP contribution in [0, 0.1) is 0 Å². The number of esters is 2. The third-order valence-electron chi connectivity index (χ3n) is 3.31. The summed E-state index contributed by atoms with van der Waals surface area (Å²) in [6.45, 7) is 0.548. The summed E-state index contributed by atoms with van der Waals surface area (Å²) < 4.78 is 10.1. The van der Waals surface area contributed by atoms with Crippen molar-refractivity contribution >= 4 is 11.9 Å². The maximum atomic E-state index is 11.5. The molecule has 2 aromatic rings. The molecule has 0 radical (unpaired) electrons. The topological polar surface area (TPSA) is 52.6 Å². The maximum Gasteiger partial charge on any atom is 0.331 e. The van der Waals surface area contributed by atoms with Crippen molar-refractivity contribution in [3.8, 4) is 0 Å². The summed E-state index contributed by atoms with van der Waals surface area (Å²) in [6, 6.07) is 19.5. The number of carbonyl (C=O) groups is 2. The van der Waals surface area contributed by atoms with Gasteiger partial charge in [0, 0.05) is 25.0 Å². The molecule has 2 aromatic carbocycles. The molecule has 2 rings (SSSR count). The van der Waals surface area contributed by atoms with Crippen LogP contribution in [-0.2, 0) is 31.9 Å². The molecule has 0 saturated carbocycles. The lowest BCUT2D eigenvalue weighted by Gasteiger charge is -2.03. The van der Waals surface area contributed by atoms with Gasteiger partial charge in [0.05, 0.1) is 13.2 Å². The predicted molar refractivity (Wildman–Crippen MR) is 91.4 cm³/mol. The standard InChI is InChI=1S/C20H20O4/c21-19(23-15-13-17-7-3-1-4-8-17)11-12-20(22)24-16-14-18-9-5-2-6-10-18/h1-12H,13-16H2. The zero-order valence-electron chi connectivity index (χ0n) is 13.4. The summed E-state index contributed by atoms with van der Waals surface area (Å²) in [6.07, 6.45) is 3.47. The van der Waals surface area contributed by atoms with E-state index in [4.69, 9.17) is 9.47 Å². The minimum Gasteiger partial charge on any atom is -0.462 e. The van der Waals surface area contributed by atoms with E-state index in [0.717, 1.165) is 23.3 Å². The van der Waals surface area contributed by atoms with Crippen LogP contribution in [0.15, 0.2) is 72.8 Å². The smallest absolute Gasteiger partial charge is 0.331 e. The molecule has 0 aromatic heterocycles. The molecule has 0 fully saturated rings. The Morgan fingerprint density at radius 2 is 1.04 bits per heavy atom. The molecule has 0 aliphatic carbocycles. The SMILES string of the molecule is O=C(C=CC(=O)OCCc1ccccc1)OCCc1ccccc1. The Hall–Kier alpha value is -2.88. The Kier molecular flexibility index (Phi) is 7.28. The van der Waals surface area contributed by atoms with Gasteiger partial charge in [-0.25, -0.2) is 9.59 Å². The van der Waals surface area contributed by atoms with Crippen molar-refractivity contribution in [2.45, 2.75) is 12.8 Å². The molecule has 0 N–H and O–H groups in total. The van der Waals surface area contributed by atoms with E-state index in [1.165, 1.54) is 0 Å². The van der Waals surface area contributed by atoms with E-state index in [9.17, 15) is 9.59 Å². The number of hydrogen-bond donors (Lipinski definition) is 0. The molecule has 0 atom stereocenters. The molecule has 0 aliphatic heterocycles. The number of benzene rings is 2. The minimum absolute atomic E-state index is 0.274. The first kappa shape index (κ1) is 17.5. The fourth-order valence-electron chi connectivity index (χ4n) is 2.06. The van der Waals surface area contributed by atoms with Gasteiger partial charge in [-0.1, -0.05) is 60.7 Å². The molecule has 24 heavy (non-hydrogen) atoms. The van der Waals surface area contributed by atoms with Crippen molar-refractivity contribution in [2.75, 3.05) is 13.2 Å². The third kappa shape index (κ3) is 6.92. The van der Waals surface area contributed by atoms with Crippen LogP contribution < -0.4 is 0 Å². The molecule has 0 amide bonds. The minimum atomic E-state index is -0.550. The number of carbonyl (C=O) groups excluding carboxylic acids is 2. The van der Waals surface area contributed by atoms with Gasteiger partial charge in [0.2, 0.25) is 0 Å². The van der Waals surface area contributed by atoms with Gasteiger partial charge in [0.1, 0.15) is 0 Å². The second kappa shape index (κ2) is 10.0. The first-order valence-electron chi connectivity index (χ1n) is 7.83. The third-order valence-corrected chi connectivity index (χ3v) is 3.31. The van der Waals surface area contributed by atoms with Gasteiger partial charge in [0.15, 0.2) is 0 Å². The highest BCUT2D eigenvalue weighted by Crippen LogP contribution is 2.01. The summed E-state index contributed by atoms with van der Waals surface area (Å²) in [4.78, 5) is 23.0. The normalized spacial score (nSPS) is 10.5. The van der Waals surface area contributed by atoms with Crippen molar-refractivity contribution in [3.63, 3.8) is 0 Å². The average Bonchev–Trinajstić information content (AvgIpc) is 2.62. The molecule has 0 aliphatic rings. The van der Waals surface area contributed by atoms with Crippen LogP contribution in [0.4, 0.5) is 0 Å². The quantitative estimate of drug-likeness (QED) is 0.553. The van der Waals surface area contributed by atoms with Crippen molar-refractivity contribution in [3.05, 3.63) is 83.9 Å². The molecule has 0 spiro atoms. The molecule has 124 valence electrons. The Bertz CT molecular complexity index is 603. The molecule has 0 saturated heterocycles. The number of rotatable bonds is 8. The molecular formula is C20H20O4. The molecule has 4 nitrogen and oxygen atoms in total. The number of hydrogen-bond acceptors (Lipinski definition) is 4. The highest BCUT2D eigenvalue weighted by atomic mass is 16.5. The second-order valence-corrected chi connectivity index (χ2v) is 5.14. The Morgan fingerprint density at radius 3 is 1.42 bits per heavy atom. The fraction of sp³-hybridized carbons (Fsp3) is 0.200. The number of ether oxygens (including phenoxy) is 2. The van der Waals surface area contributed by atoms with Crippen molar-refractivity contribution in [1.82, 2.24) is 0 Å². The molecule has 0 unspecified atom stereocenters. The molecule has 4 heteroatoms. The van der Waals surface area contributed by atoms with Crippen LogP contribution in [0.3, 0.4) is 0 Å². The zero-order valence-corrected chi connectivity index (χ0v) is 13.4. The van der Waals surface area contributed by atoms with Crippen LogP contribution in [0.25, 0.3) is 0 Å². The van der Waals surface area contributed by atoms with Crippen molar-refractivity contribution in [1.29, 1.82) is 0 Å². The first-order valence-corrected chi connectivity index (χ1v) is 7.83. The lowest BCUT2D eigenvalue weighted by Crippen LogP contribution is -2.08. The molecule has 0 heterocycles. The van der Waals surface area contributed by atoms with Crippen molar-refractivity contribution < 1.29 is 19.1 Å². The fourth-order valence-corrected chi connectivity index (χ4v) is 2.06. The summed E-state index contributed by atoms with van der Waals surface area (Å²) >= 11 is 0. The van der Waals surface area contributed by atoms with E-state index in [2.05, 4.69) is 0 Å². The van der Waals surface area contributed by atoms with E-state index in [-0.39, 0.29) is 13.2 Å². The van der Waals surface area contributed by atoms with E-state index in [1.807, 2.05) is 60.7 Å². The van der Waals surface area contributed by atoms with Gasteiger partial charge in [-0.2, -0.15) is 0 Å².